The van der Waals surface area contributed by atoms with Crippen molar-refractivity contribution in [3.63, 3.8) is 0 Å². The van der Waals surface area contributed by atoms with Crippen molar-refractivity contribution in [2.24, 2.45) is 0 Å². The molecule has 3 rings (SSSR count). The number of benzene rings is 2. The van der Waals surface area contributed by atoms with Crippen molar-refractivity contribution in [3.05, 3.63) is 42.0 Å². The quantitative estimate of drug-likeness (QED) is 0.744. The van der Waals surface area contributed by atoms with E-state index >= 15 is 0 Å². The van der Waals surface area contributed by atoms with Gasteiger partial charge in [-0.05, 0) is 23.3 Å². The second-order valence-electron chi connectivity index (χ2n) is 4.76. The fourth-order valence-electron chi connectivity index (χ4n) is 2.44. The van der Waals surface area contributed by atoms with E-state index in [4.69, 9.17) is 9.47 Å². The van der Waals surface area contributed by atoms with E-state index in [-0.39, 0.29) is 4.83 Å². The van der Waals surface area contributed by atoms with Crippen LogP contribution in [0.3, 0.4) is 0 Å². The van der Waals surface area contributed by atoms with Crippen molar-refractivity contribution in [3.8, 4) is 5.75 Å². The van der Waals surface area contributed by atoms with Crippen LogP contribution in [0.15, 0.2) is 36.4 Å². The van der Waals surface area contributed by atoms with Crippen LogP contribution in [0, 0.1) is 0 Å². The Morgan fingerprint density at radius 1 is 1.28 bits per heavy atom. The predicted molar refractivity (Wildman–Crippen MR) is 76.4 cm³/mol. The normalized spacial score (nSPS) is 26.7. The van der Waals surface area contributed by atoms with E-state index in [0.717, 1.165) is 12.2 Å². The smallest absolute Gasteiger partial charge is 0.220 e. The van der Waals surface area contributed by atoms with Gasteiger partial charge in [-0.3, -0.25) is 0 Å². The van der Waals surface area contributed by atoms with Gasteiger partial charge in [0.05, 0.1) is 4.83 Å². The van der Waals surface area contributed by atoms with Crippen LogP contribution >= 0.6 is 15.9 Å². The highest BCUT2D eigenvalue weighted by atomic mass is 79.9. The molecular weight excluding hydrogens is 292 g/mol. The summed E-state index contributed by atoms with van der Waals surface area (Å²) in [7, 11) is 1.68. The Bertz CT molecular complexity index is 596. The molecule has 94 valence electrons. The summed E-state index contributed by atoms with van der Waals surface area (Å²) in [6, 6.07) is 12.5. The van der Waals surface area contributed by atoms with Crippen LogP contribution in [0.1, 0.15) is 12.5 Å². The SMILES string of the molecule is CO[C@]1(C)Oc2ccc3ccccc3c2C[C@H]1Br. The van der Waals surface area contributed by atoms with E-state index in [1.165, 1.54) is 16.3 Å². The van der Waals surface area contributed by atoms with Gasteiger partial charge in [-0.15, -0.1) is 0 Å². The van der Waals surface area contributed by atoms with Gasteiger partial charge >= 0.3 is 0 Å². The molecular formula is C15H15BrO2. The number of hydrogen-bond acceptors (Lipinski definition) is 2. The fourth-order valence-corrected chi connectivity index (χ4v) is 3.04. The zero-order valence-corrected chi connectivity index (χ0v) is 12.0. The summed E-state index contributed by atoms with van der Waals surface area (Å²) in [5, 5.41) is 2.51. The Morgan fingerprint density at radius 3 is 2.83 bits per heavy atom. The Labute approximate surface area is 115 Å². The first-order valence-corrected chi connectivity index (χ1v) is 6.94. The van der Waals surface area contributed by atoms with Gasteiger partial charge in [0, 0.05) is 19.6 Å². The molecule has 0 spiro atoms. The van der Waals surface area contributed by atoms with Crippen molar-refractivity contribution in [2.45, 2.75) is 24.0 Å². The second-order valence-corrected chi connectivity index (χ2v) is 5.86. The molecule has 1 heterocycles. The molecule has 0 saturated heterocycles. The van der Waals surface area contributed by atoms with E-state index in [9.17, 15) is 0 Å². The highest BCUT2D eigenvalue weighted by molar-refractivity contribution is 9.09. The molecule has 2 aromatic carbocycles. The topological polar surface area (TPSA) is 18.5 Å². The van der Waals surface area contributed by atoms with Crippen LogP contribution in [-0.2, 0) is 11.2 Å². The molecule has 0 fully saturated rings. The first-order valence-electron chi connectivity index (χ1n) is 6.03. The molecule has 1 aliphatic rings. The minimum Gasteiger partial charge on any atom is -0.461 e. The standard InChI is InChI=1S/C15H15BrO2/c1-15(17-2)14(16)9-12-11-6-4-3-5-10(11)7-8-13(12)18-15/h3-8,14H,9H2,1-2H3/t14-,15-/m1/s1. The minimum atomic E-state index is -0.602. The summed E-state index contributed by atoms with van der Waals surface area (Å²) in [5.41, 5.74) is 1.25. The molecule has 2 atom stereocenters. The first kappa shape index (κ1) is 12.0. The average molecular weight is 307 g/mol. The van der Waals surface area contributed by atoms with Gasteiger partial charge in [0.25, 0.3) is 0 Å². The molecule has 3 heteroatoms. The average Bonchev–Trinajstić information content (AvgIpc) is 2.40. The molecule has 0 amide bonds. The van der Waals surface area contributed by atoms with Crippen LogP contribution in [0.5, 0.6) is 5.75 Å². The Kier molecular flexibility index (Phi) is 2.83. The third kappa shape index (κ3) is 1.73. The maximum atomic E-state index is 6.02. The Morgan fingerprint density at radius 2 is 2.06 bits per heavy atom. The van der Waals surface area contributed by atoms with Crippen LogP contribution in [0.25, 0.3) is 10.8 Å². The molecule has 18 heavy (non-hydrogen) atoms. The lowest BCUT2D eigenvalue weighted by atomic mass is 9.95. The maximum absolute atomic E-state index is 6.02. The summed E-state index contributed by atoms with van der Waals surface area (Å²) < 4.78 is 11.5. The summed E-state index contributed by atoms with van der Waals surface area (Å²) >= 11 is 3.68. The first-order chi connectivity index (χ1) is 8.64. The van der Waals surface area contributed by atoms with Crippen LogP contribution in [0.4, 0.5) is 0 Å². The van der Waals surface area contributed by atoms with Gasteiger partial charge in [-0.2, -0.15) is 0 Å². The van der Waals surface area contributed by atoms with Gasteiger partial charge < -0.3 is 9.47 Å². The predicted octanol–water partition coefficient (Wildman–Crippen LogP) is 3.90. The van der Waals surface area contributed by atoms with E-state index in [0.29, 0.717) is 0 Å². The monoisotopic (exact) mass is 306 g/mol. The van der Waals surface area contributed by atoms with E-state index < -0.39 is 5.79 Å². The highest BCUT2D eigenvalue weighted by Crippen LogP contribution is 2.40. The van der Waals surface area contributed by atoms with Gasteiger partial charge in [-0.25, -0.2) is 0 Å². The molecule has 0 bridgehead atoms. The number of rotatable bonds is 1. The zero-order valence-electron chi connectivity index (χ0n) is 10.4. The van der Waals surface area contributed by atoms with E-state index in [1.54, 1.807) is 7.11 Å². The summed E-state index contributed by atoms with van der Waals surface area (Å²) in [6.07, 6.45) is 0.904. The van der Waals surface area contributed by atoms with Gasteiger partial charge in [0.1, 0.15) is 5.75 Å². The molecule has 1 aliphatic heterocycles. The van der Waals surface area contributed by atoms with Gasteiger partial charge in [-0.1, -0.05) is 46.3 Å². The largest absolute Gasteiger partial charge is 0.461 e. The lowest BCUT2D eigenvalue weighted by molar-refractivity contribution is -0.153. The van der Waals surface area contributed by atoms with E-state index in [2.05, 4.69) is 46.3 Å². The Balaban J connectivity index is 2.17. The summed E-state index contributed by atoms with van der Waals surface area (Å²) in [5.74, 6) is 0.323. The number of fused-ring (bicyclic) bond motifs is 3. The van der Waals surface area contributed by atoms with Crippen molar-refractivity contribution in [1.29, 1.82) is 0 Å². The third-order valence-corrected chi connectivity index (χ3v) is 4.82. The van der Waals surface area contributed by atoms with E-state index in [1.807, 2.05) is 13.0 Å². The minimum absolute atomic E-state index is 0.147. The number of methoxy groups -OCH3 is 1. The highest BCUT2D eigenvalue weighted by Gasteiger charge is 2.40. The lowest BCUT2D eigenvalue weighted by Crippen LogP contribution is -2.47. The molecule has 0 saturated carbocycles. The van der Waals surface area contributed by atoms with Crippen molar-refractivity contribution in [2.75, 3.05) is 7.11 Å². The number of hydrogen-bond donors (Lipinski definition) is 0. The molecule has 0 radical (unpaired) electrons. The van der Waals surface area contributed by atoms with Crippen molar-refractivity contribution in [1.82, 2.24) is 0 Å². The van der Waals surface area contributed by atoms with Crippen LogP contribution < -0.4 is 4.74 Å². The zero-order chi connectivity index (χ0) is 12.8. The summed E-state index contributed by atoms with van der Waals surface area (Å²) in [6.45, 7) is 1.96. The number of alkyl halides is 1. The molecule has 0 unspecified atom stereocenters. The maximum Gasteiger partial charge on any atom is 0.220 e. The fraction of sp³-hybridized carbons (Fsp3) is 0.333. The van der Waals surface area contributed by atoms with Crippen molar-refractivity contribution >= 4 is 26.7 Å². The molecule has 2 aromatic rings. The summed E-state index contributed by atoms with van der Waals surface area (Å²) in [4.78, 5) is 0.147. The molecule has 0 aliphatic carbocycles. The molecule has 2 nitrogen and oxygen atoms in total. The van der Waals surface area contributed by atoms with Crippen molar-refractivity contribution < 1.29 is 9.47 Å². The Hall–Kier alpha value is -1.06. The molecule has 0 aromatic heterocycles. The number of ether oxygens (including phenoxy) is 2. The molecule has 0 N–H and O–H groups in total. The second kappa shape index (κ2) is 4.25. The lowest BCUT2D eigenvalue weighted by Gasteiger charge is -2.38. The van der Waals surface area contributed by atoms with Crippen LogP contribution in [-0.4, -0.2) is 17.7 Å². The van der Waals surface area contributed by atoms with Gasteiger partial charge in [0.2, 0.25) is 5.79 Å². The van der Waals surface area contributed by atoms with Crippen LogP contribution in [0.2, 0.25) is 0 Å². The third-order valence-electron chi connectivity index (χ3n) is 3.67. The number of halogens is 1. The van der Waals surface area contributed by atoms with Gasteiger partial charge in [0.15, 0.2) is 0 Å².